The van der Waals surface area contributed by atoms with E-state index in [0.717, 1.165) is 27.9 Å². The summed E-state index contributed by atoms with van der Waals surface area (Å²) in [4.78, 5) is 5.13. The summed E-state index contributed by atoms with van der Waals surface area (Å²) in [6.07, 6.45) is 0. The van der Waals surface area contributed by atoms with Crippen molar-refractivity contribution in [1.29, 1.82) is 0 Å². The third-order valence-electron chi connectivity index (χ3n) is 5.79. The topological polar surface area (TPSA) is 17.3 Å². The van der Waals surface area contributed by atoms with Gasteiger partial charge >= 0.3 is 0 Å². The van der Waals surface area contributed by atoms with Crippen molar-refractivity contribution in [3.05, 3.63) is 121 Å². The molecule has 31 heavy (non-hydrogen) atoms. The van der Waals surface area contributed by atoms with Crippen LogP contribution in [0.2, 0.25) is 0 Å². The highest BCUT2D eigenvalue weighted by atomic mass is 15.0. The van der Waals surface area contributed by atoms with E-state index in [1.807, 2.05) is 0 Å². The number of aromatic nitrogens is 2. The molecule has 2 aromatic heterocycles. The van der Waals surface area contributed by atoms with Crippen molar-refractivity contribution in [2.45, 2.75) is 0 Å². The first-order valence-electron chi connectivity index (χ1n) is 10.5. The summed E-state index contributed by atoms with van der Waals surface area (Å²) >= 11 is 0. The number of para-hydroxylation sites is 2. The van der Waals surface area contributed by atoms with E-state index in [1.54, 1.807) is 0 Å². The molecule has 0 atom stereocenters. The zero-order valence-electron chi connectivity index (χ0n) is 16.9. The second kappa shape index (κ2) is 7.26. The molecule has 2 heteroatoms. The average Bonchev–Trinajstić information content (AvgIpc) is 3.24. The number of hydrogen-bond acceptors (Lipinski definition) is 1. The lowest BCUT2D eigenvalue weighted by molar-refractivity contribution is 1.23. The highest BCUT2D eigenvalue weighted by Crippen LogP contribution is 2.40. The van der Waals surface area contributed by atoms with Crippen molar-refractivity contribution >= 4 is 16.7 Å². The Morgan fingerprint density at radius 3 is 1.74 bits per heavy atom. The van der Waals surface area contributed by atoms with Crippen LogP contribution in [-0.4, -0.2) is 9.38 Å². The van der Waals surface area contributed by atoms with E-state index in [-0.39, 0.29) is 0 Å². The Bertz CT molecular complexity index is 1500. The van der Waals surface area contributed by atoms with Gasteiger partial charge in [-0.3, -0.25) is 4.40 Å². The molecule has 146 valence electrons. The summed E-state index contributed by atoms with van der Waals surface area (Å²) in [5, 5.41) is 0. The lowest BCUT2D eigenvalue weighted by atomic mass is 9.93. The molecule has 0 unspecified atom stereocenters. The van der Waals surface area contributed by atoms with E-state index in [4.69, 9.17) is 4.98 Å². The Morgan fingerprint density at radius 2 is 1.06 bits per heavy atom. The van der Waals surface area contributed by atoms with Crippen LogP contribution in [0.5, 0.6) is 0 Å². The molecule has 0 fully saturated rings. The molecule has 0 radical (unpaired) electrons. The maximum atomic E-state index is 5.13. The van der Waals surface area contributed by atoms with E-state index in [1.165, 1.54) is 22.3 Å². The predicted octanol–water partition coefficient (Wildman–Crippen LogP) is 7.49. The second-order valence-corrected chi connectivity index (χ2v) is 7.68. The molecule has 0 saturated carbocycles. The number of hydrogen-bond donors (Lipinski definition) is 0. The Labute approximate surface area is 181 Å². The Hall–Kier alpha value is -4.17. The van der Waals surface area contributed by atoms with Crippen LogP contribution in [0, 0.1) is 0 Å². The van der Waals surface area contributed by atoms with E-state index in [2.05, 4.69) is 126 Å². The Kier molecular flexibility index (Phi) is 4.14. The molecule has 0 spiro atoms. The zero-order valence-corrected chi connectivity index (χ0v) is 16.9. The molecule has 6 aromatic rings. The normalized spacial score (nSPS) is 11.2. The minimum atomic E-state index is 0.979. The van der Waals surface area contributed by atoms with Crippen LogP contribution in [0.1, 0.15) is 0 Å². The van der Waals surface area contributed by atoms with Crippen LogP contribution in [0.4, 0.5) is 0 Å². The van der Waals surface area contributed by atoms with E-state index in [0.29, 0.717) is 0 Å². The quantitative estimate of drug-likeness (QED) is 0.303. The number of imidazole rings is 1. The first kappa shape index (κ1) is 17.7. The minimum Gasteiger partial charge on any atom is -0.292 e. The molecule has 0 aliphatic carbocycles. The van der Waals surface area contributed by atoms with Crippen LogP contribution in [-0.2, 0) is 0 Å². The summed E-state index contributed by atoms with van der Waals surface area (Å²) in [5.41, 5.74) is 10.1. The molecule has 0 saturated heterocycles. The van der Waals surface area contributed by atoms with Crippen molar-refractivity contribution in [2.75, 3.05) is 0 Å². The molecule has 0 bridgehead atoms. The highest BCUT2D eigenvalue weighted by Gasteiger charge is 2.19. The summed E-state index contributed by atoms with van der Waals surface area (Å²) in [5.74, 6) is 0. The van der Waals surface area contributed by atoms with E-state index in [9.17, 15) is 0 Å². The number of nitrogens with zero attached hydrogens (tertiary/aromatic N) is 2. The fourth-order valence-corrected chi connectivity index (χ4v) is 4.39. The van der Waals surface area contributed by atoms with E-state index < -0.39 is 0 Å². The fourth-order valence-electron chi connectivity index (χ4n) is 4.39. The zero-order chi connectivity index (χ0) is 20.6. The van der Waals surface area contributed by atoms with Crippen molar-refractivity contribution in [2.24, 2.45) is 0 Å². The number of fused-ring (bicyclic) bond motifs is 3. The SMILES string of the molecule is c1ccc(-c2cc(-c3ccccc3)n3c(nc4ccccc43)c2-c2ccccc2)cc1. The fraction of sp³-hybridized carbons (Fsp3) is 0. The molecule has 6 rings (SSSR count). The second-order valence-electron chi connectivity index (χ2n) is 7.68. The molecule has 4 aromatic carbocycles. The molecule has 2 nitrogen and oxygen atoms in total. The van der Waals surface area contributed by atoms with Crippen LogP contribution in [0.25, 0.3) is 50.2 Å². The van der Waals surface area contributed by atoms with Crippen LogP contribution in [0.15, 0.2) is 121 Å². The summed E-state index contributed by atoms with van der Waals surface area (Å²) in [6, 6.07) is 42.5. The molecule has 0 amide bonds. The predicted molar refractivity (Wildman–Crippen MR) is 129 cm³/mol. The van der Waals surface area contributed by atoms with Gasteiger partial charge in [0.05, 0.1) is 16.7 Å². The van der Waals surface area contributed by atoms with Gasteiger partial charge in [-0.25, -0.2) is 4.98 Å². The smallest absolute Gasteiger partial charge is 0.146 e. The standard InChI is InChI=1S/C29H20N2/c1-4-12-21(13-5-1)24-20-27(22-14-6-2-7-15-22)31-26-19-11-10-18-25(26)30-29(31)28(24)23-16-8-3-9-17-23/h1-20H. The van der Waals surface area contributed by atoms with Gasteiger partial charge in [0.1, 0.15) is 5.65 Å². The molecule has 0 N–H and O–H groups in total. The number of pyridine rings is 1. The lowest BCUT2D eigenvalue weighted by Crippen LogP contribution is -1.98. The number of benzene rings is 4. The molecule has 2 heterocycles. The third kappa shape index (κ3) is 2.92. The van der Waals surface area contributed by atoms with Crippen molar-refractivity contribution in [3.8, 4) is 33.5 Å². The first-order chi connectivity index (χ1) is 15.4. The molecule has 0 aliphatic heterocycles. The third-order valence-corrected chi connectivity index (χ3v) is 5.79. The van der Waals surface area contributed by atoms with Crippen LogP contribution >= 0.6 is 0 Å². The monoisotopic (exact) mass is 396 g/mol. The molecule has 0 aliphatic rings. The average molecular weight is 396 g/mol. The van der Waals surface area contributed by atoms with Crippen molar-refractivity contribution in [3.63, 3.8) is 0 Å². The maximum absolute atomic E-state index is 5.13. The minimum absolute atomic E-state index is 0.979. The van der Waals surface area contributed by atoms with Gasteiger partial charge in [0.15, 0.2) is 0 Å². The Balaban J connectivity index is 1.83. The Morgan fingerprint density at radius 1 is 0.516 bits per heavy atom. The van der Waals surface area contributed by atoms with Crippen molar-refractivity contribution in [1.82, 2.24) is 9.38 Å². The summed E-state index contributed by atoms with van der Waals surface area (Å²) < 4.78 is 2.30. The largest absolute Gasteiger partial charge is 0.292 e. The van der Waals surface area contributed by atoms with Gasteiger partial charge in [-0.1, -0.05) is 103 Å². The van der Waals surface area contributed by atoms with Gasteiger partial charge in [0, 0.05) is 5.56 Å². The maximum Gasteiger partial charge on any atom is 0.146 e. The van der Waals surface area contributed by atoms with Gasteiger partial charge in [-0.15, -0.1) is 0 Å². The van der Waals surface area contributed by atoms with Gasteiger partial charge in [0.25, 0.3) is 0 Å². The lowest BCUT2D eigenvalue weighted by Gasteiger charge is -2.16. The van der Waals surface area contributed by atoms with Gasteiger partial charge in [-0.05, 0) is 40.5 Å². The first-order valence-corrected chi connectivity index (χ1v) is 10.5. The van der Waals surface area contributed by atoms with Crippen LogP contribution < -0.4 is 0 Å². The summed E-state index contributed by atoms with van der Waals surface area (Å²) in [6.45, 7) is 0. The molecular formula is C29H20N2. The van der Waals surface area contributed by atoms with Gasteiger partial charge < -0.3 is 0 Å². The van der Waals surface area contributed by atoms with Gasteiger partial charge in [0.2, 0.25) is 0 Å². The van der Waals surface area contributed by atoms with Crippen molar-refractivity contribution < 1.29 is 0 Å². The molecular weight excluding hydrogens is 376 g/mol. The van der Waals surface area contributed by atoms with E-state index >= 15 is 0 Å². The summed E-state index contributed by atoms with van der Waals surface area (Å²) in [7, 11) is 0. The van der Waals surface area contributed by atoms with Crippen LogP contribution in [0.3, 0.4) is 0 Å². The van der Waals surface area contributed by atoms with Gasteiger partial charge in [-0.2, -0.15) is 0 Å². The highest BCUT2D eigenvalue weighted by molar-refractivity contribution is 5.98. The number of rotatable bonds is 3.